The van der Waals surface area contributed by atoms with Crippen LogP contribution in [0, 0.1) is 0 Å². The Morgan fingerprint density at radius 2 is 2.29 bits per heavy atom. The van der Waals surface area contributed by atoms with Crippen molar-refractivity contribution in [1.82, 2.24) is 14.9 Å². The zero-order valence-corrected chi connectivity index (χ0v) is 12.3. The molecule has 1 amide bonds. The molecule has 3 heterocycles. The standard InChI is InChI=1S/C14H21N5O2/c1-18-4-5-19(8-14(18)20)13-7-12(15-10-16-13)17-11-3-2-6-21-9-11/h7,10-11H,2-6,8-9H2,1H3,(H,15,16,17)/t11-/m1/s1. The van der Waals surface area contributed by atoms with Crippen LogP contribution in [0.5, 0.6) is 0 Å². The first-order chi connectivity index (χ1) is 10.2. The van der Waals surface area contributed by atoms with Crippen LogP contribution < -0.4 is 10.2 Å². The first-order valence-corrected chi connectivity index (χ1v) is 7.37. The number of carbonyl (C=O) groups is 1. The number of amides is 1. The van der Waals surface area contributed by atoms with Gasteiger partial charge in [0.15, 0.2) is 0 Å². The molecule has 1 aromatic heterocycles. The Bertz CT molecular complexity index is 504. The van der Waals surface area contributed by atoms with Gasteiger partial charge in [0.1, 0.15) is 18.0 Å². The van der Waals surface area contributed by atoms with E-state index in [1.807, 2.05) is 18.0 Å². The summed E-state index contributed by atoms with van der Waals surface area (Å²) >= 11 is 0. The monoisotopic (exact) mass is 291 g/mol. The van der Waals surface area contributed by atoms with Crippen molar-refractivity contribution in [2.75, 3.05) is 50.1 Å². The Morgan fingerprint density at radius 3 is 3.05 bits per heavy atom. The third-order valence-electron chi connectivity index (χ3n) is 3.95. The van der Waals surface area contributed by atoms with E-state index in [4.69, 9.17) is 4.74 Å². The van der Waals surface area contributed by atoms with Crippen molar-refractivity contribution in [3.63, 3.8) is 0 Å². The molecule has 1 atom stereocenters. The van der Waals surface area contributed by atoms with Crippen LogP contribution in [-0.2, 0) is 9.53 Å². The first-order valence-electron chi connectivity index (χ1n) is 7.37. The van der Waals surface area contributed by atoms with Gasteiger partial charge in [-0.1, -0.05) is 0 Å². The maximum absolute atomic E-state index is 11.8. The highest BCUT2D eigenvalue weighted by Crippen LogP contribution is 2.18. The third kappa shape index (κ3) is 3.41. The van der Waals surface area contributed by atoms with Gasteiger partial charge in [-0.3, -0.25) is 4.79 Å². The van der Waals surface area contributed by atoms with Gasteiger partial charge in [0.25, 0.3) is 0 Å². The molecule has 1 N–H and O–H groups in total. The lowest BCUT2D eigenvalue weighted by atomic mass is 10.1. The van der Waals surface area contributed by atoms with E-state index in [9.17, 15) is 4.79 Å². The zero-order chi connectivity index (χ0) is 14.7. The van der Waals surface area contributed by atoms with Crippen LogP contribution in [0.15, 0.2) is 12.4 Å². The van der Waals surface area contributed by atoms with Crippen molar-refractivity contribution in [3.8, 4) is 0 Å². The molecule has 114 valence electrons. The molecule has 21 heavy (non-hydrogen) atoms. The van der Waals surface area contributed by atoms with Crippen LogP contribution >= 0.6 is 0 Å². The van der Waals surface area contributed by atoms with Crippen LogP contribution in [-0.4, -0.2) is 66.7 Å². The molecule has 0 aromatic carbocycles. The first kappa shape index (κ1) is 14.1. The van der Waals surface area contributed by atoms with Gasteiger partial charge in [-0.05, 0) is 12.8 Å². The van der Waals surface area contributed by atoms with Gasteiger partial charge in [-0.15, -0.1) is 0 Å². The van der Waals surface area contributed by atoms with E-state index in [1.165, 1.54) is 0 Å². The van der Waals surface area contributed by atoms with Crippen molar-refractivity contribution in [2.24, 2.45) is 0 Å². The van der Waals surface area contributed by atoms with Gasteiger partial charge in [0.2, 0.25) is 5.91 Å². The molecular weight excluding hydrogens is 270 g/mol. The molecule has 0 spiro atoms. The minimum absolute atomic E-state index is 0.120. The van der Waals surface area contributed by atoms with Crippen molar-refractivity contribution in [1.29, 1.82) is 0 Å². The molecule has 0 aliphatic carbocycles. The summed E-state index contributed by atoms with van der Waals surface area (Å²) in [6.45, 7) is 3.45. The van der Waals surface area contributed by atoms with E-state index >= 15 is 0 Å². The molecule has 2 aliphatic heterocycles. The predicted octanol–water partition coefficient (Wildman–Crippen LogP) is 0.346. The fourth-order valence-electron chi connectivity index (χ4n) is 2.62. The van der Waals surface area contributed by atoms with Crippen LogP contribution in [0.1, 0.15) is 12.8 Å². The zero-order valence-electron chi connectivity index (χ0n) is 12.3. The Morgan fingerprint density at radius 1 is 1.38 bits per heavy atom. The van der Waals surface area contributed by atoms with Gasteiger partial charge in [-0.2, -0.15) is 0 Å². The summed E-state index contributed by atoms with van der Waals surface area (Å²) in [5, 5.41) is 3.38. The summed E-state index contributed by atoms with van der Waals surface area (Å²) in [4.78, 5) is 24.1. The maximum atomic E-state index is 11.8. The fourth-order valence-corrected chi connectivity index (χ4v) is 2.62. The molecule has 3 rings (SSSR count). The van der Waals surface area contributed by atoms with Crippen molar-refractivity contribution in [3.05, 3.63) is 12.4 Å². The maximum Gasteiger partial charge on any atom is 0.241 e. The van der Waals surface area contributed by atoms with E-state index in [0.29, 0.717) is 19.2 Å². The topological polar surface area (TPSA) is 70.6 Å². The number of carbonyl (C=O) groups excluding carboxylic acids is 1. The normalized spacial score (nSPS) is 23.3. The van der Waals surface area contributed by atoms with Crippen LogP contribution in [0.3, 0.4) is 0 Å². The highest BCUT2D eigenvalue weighted by molar-refractivity contribution is 5.82. The summed E-state index contributed by atoms with van der Waals surface area (Å²) < 4.78 is 5.46. The van der Waals surface area contributed by atoms with Gasteiger partial charge < -0.3 is 19.9 Å². The molecule has 0 saturated carbocycles. The molecule has 1 aromatic rings. The lowest BCUT2D eigenvalue weighted by Crippen LogP contribution is -2.48. The van der Waals surface area contributed by atoms with Crippen molar-refractivity contribution < 1.29 is 9.53 Å². The van der Waals surface area contributed by atoms with Gasteiger partial charge in [0, 0.05) is 32.8 Å². The number of anilines is 2. The fraction of sp³-hybridized carbons (Fsp3) is 0.643. The number of nitrogens with zero attached hydrogens (tertiary/aromatic N) is 4. The van der Waals surface area contributed by atoms with Crippen LogP contribution in [0.4, 0.5) is 11.6 Å². The number of hydrogen-bond acceptors (Lipinski definition) is 6. The van der Waals surface area contributed by atoms with Crippen LogP contribution in [0.2, 0.25) is 0 Å². The Kier molecular flexibility index (Phi) is 4.19. The molecule has 0 radical (unpaired) electrons. The Hall–Kier alpha value is -1.89. The number of ether oxygens (including phenoxy) is 1. The van der Waals surface area contributed by atoms with Gasteiger partial charge in [-0.25, -0.2) is 9.97 Å². The van der Waals surface area contributed by atoms with E-state index in [2.05, 4.69) is 15.3 Å². The molecule has 2 aliphatic rings. The number of nitrogens with one attached hydrogen (secondary N) is 1. The molecule has 7 nitrogen and oxygen atoms in total. The predicted molar refractivity (Wildman–Crippen MR) is 79.3 cm³/mol. The van der Waals surface area contributed by atoms with E-state index < -0.39 is 0 Å². The molecular formula is C14H21N5O2. The van der Waals surface area contributed by atoms with E-state index in [1.54, 1.807) is 11.2 Å². The SMILES string of the molecule is CN1CCN(c2cc(N[C@@H]3CCCOC3)ncn2)CC1=O. The third-order valence-corrected chi connectivity index (χ3v) is 3.95. The van der Waals surface area contributed by atoms with Gasteiger partial charge in [0.05, 0.1) is 19.2 Å². The Balaban J connectivity index is 1.66. The molecule has 7 heteroatoms. The minimum atomic E-state index is 0.120. The largest absolute Gasteiger partial charge is 0.379 e. The van der Waals surface area contributed by atoms with E-state index in [-0.39, 0.29) is 5.91 Å². The highest BCUT2D eigenvalue weighted by atomic mass is 16.5. The average Bonchev–Trinajstić information content (AvgIpc) is 2.51. The van der Waals surface area contributed by atoms with Gasteiger partial charge >= 0.3 is 0 Å². The summed E-state index contributed by atoms with van der Waals surface area (Å²) in [6, 6.07) is 2.21. The second-order valence-corrected chi connectivity index (χ2v) is 5.56. The summed E-state index contributed by atoms with van der Waals surface area (Å²) in [7, 11) is 1.83. The number of hydrogen-bond donors (Lipinski definition) is 1. The van der Waals surface area contributed by atoms with Crippen molar-refractivity contribution >= 4 is 17.5 Å². The van der Waals surface area contributed by atoms with Crippen LogP contribution in [0.25, 0.3) is 0 Å². The quantitative estimate of drug-likeness (QED) is 0.866. The number of piperazine rings is 1. The number of likely N-dealkylation sites (N-methyl/N-ethyl adjacent to an activating group) is 1. The smallest absolute Gasteiger partial charge is 0.241 e. The number of rotatable bonds is 3. The lowest BCUT2D eigenvalue weighted by Gasteiger charge is -2.32. The molecule has 2 saturated heterocycles. The summed E-state index contributed by atoms with van der Waals surface area (Å²) in [5.74, 6) is 1.71. The minimum Gasteiger partial charge on any atom is -0.379 e. The molecule has 2 fully saturated rings. The second kappa shape index (κ2) is 6.26. The molecule has 0 unspecified atom stereocenters. The highest BCUT2D eigenvalue weighted by Gasteiger charge is 2.22. The summed E-state index contributed by atoms with van der Waals surface area (Å²) in [5.41, 5.74) is 0. The second-order valence-electron chi connectivity index (χ2n) is 5.56. The van der Waals surface area contributed by atoms with Crippen molar-refractivity contribution in [2.45, 2.75) is 18.9 Å². The summed E-state index contributed by atoms with van der Waals surface area (Å²) in [6.07, 6.45) is 3.71. The number of aromatic nitrogens is 2. The molecule has 0 bridgehead atoms. The van der Waals surface area contributed by atoms with E-state index in [0.717, 1.165) is 44.2 Å². The Labute approximate surface area is 124 Å². The lowest BCUT2D eigenvalue weighted by molar-refractivity contribution is -0.129. The average molecular weight is 291 g/mol.